The number of rotatable bonds is 1. The van der Waals surface area contributed by atoms with Crippen LogP contribution in [0.3, 0.4) is 0 Å². The molecule has 0 aliphatic heterocycles. The highest BCUT2D eigenvalue weighted by molar-refractivity contribution is 5.59. The highest BCUT2D eigenvalue weighted by atomic mass is 14.6. The fourth-order valence-electron chi connectivity index (χ4n) is 5.65. The highest BCUT2D eigenvalue weighted by Crippen LogP contribution is 2.62. The zero-order chi connectivity index (χ0) is 17.1. The smallest absolute Gasteiger partial charge is 0.0226 e. The van der Waals surface area contributed by atoms with Gasteiger partial charge in [0, 0.05) is 11.3 Å². The maximum Gasteiger partial charge on any atom is 0.0226 e. The lowest BCUT2D eigenvalue weighted by Crippen LogP contribution is -2.24. The molecule has 3 aromatic rings. The Hall–Kier alpha value is -2.34. The zero-order valence-corrected chi connectivity index (χ0v) is 15.0. The van der Waals surface area contributed by atoms with Crippen LogP contribution in [0.2, 0.25) is 0 Å². The van der Waals surface area contributed by atoms with E-state index in [2.05, 4.69) is 92.7 Å². The second-order valence-corrected chi connectivity index (χ2v) is 8.44. The molecule has 0 nitrogen and oxygen atoms in total. The van der Waals surface area contributed by atoms with Crippen LogP contribution in [0.25, 0.3) is 0 Å². The van der Waals surface area contributed by atoms with Crippen molar-refractivity contribution in [3.8, 4) is 0 Å². The lowest BCUT2D eigenvalue weighted by atomic mass is 9.73. The quantitative estimate of drug-likeness (QED) is 0.500. The molecule has 2 unspecified atom stereocenters. The van der Waals surface area contributed by atoms with E-state index in [-0.39, 0.29) is 10.8 Å². The maximum absolute atomic E-state index is 2.42. The first-order valence-electron chi connectivity index (χ1n) is 9.36. The van der Waals surface area contributed by atoms with E-state index in [1.54, 1.807) is 16.7 Å². The van der Waals surface area contributed by atoms with Gasteiger partial charge >= 0.3 is 0 Å². The number of fused-ring (bicyclic) bond motifs is 4. The van der Waals surface area contributed by atoms with Gasteiger partial charge in [0.2, 0.25) is 0 Å². The van der Waals surface area contributed by atoms with Gasteiger partial charge in [0.05, 0.1) is 0 Å². The minimum absolute atomic E-state index is 0.164. The van der Waals surface area contributed by atoms with E-state index in [4.69, 9.17) is 0 Å². The summed E-state index contributed by atoms with van der Waals surface area (Å²) in [7, 11) is 0. The minimum atomic E-state index is 0.164. The van der Waals surface area contributed by atoms with Crippen LogP contribution in [0, 0.1) is 0 Å². The van der Waals surface area contributed by atoms with Gasteiger partial charge in [-0.1, -0.05) is 92.7 Å². The van der Waals surface area contributed by atoms with Crippen LogP contribution in [0.1, 0.15) is 60.4 Å². The Morgan fingerprint density at radius 3 is 2.04 bits per heavy atom. The topological polar surface area (TPSA) is 0 Å². The molecule has 1 spiro atoms. The Kier molecular flexibility index (Phi) is 3.04. The van der Waals surface area contributed by atoms with Crippen molar-refractivity contribution in [2.24, 2.45) is 0 Å². The monoisotopic (exact) mass is 324 g/mol. The van der Waals surface area contributed by atoms with Crippen LogP contribution in [0.5, 0.6) is 0 Å². The van der Waals surface area contributed by atoms with E-state index < -0.39 is 0 Å². The molecule has 124 valence electrons. The largest absolute Gasteiger partial charge is 0.0622 e. The molecule has 0 bridgehead atoms. The Labute approximate surface area is 150 Å². The van der Waals surface area contributed by atoms with Crippen LogP contribution in [-0.2, 0) is 10.8 Å². The molecule has 0 heterocycles. The maximum atomic E-state index is 2.42. The molecule has 0 aromatic heterocycles. The fraction of sp³-hybridized carbons (Fsp3) is 0.280. The van der Waals surface area contributed by atoms with Crippen molar-refractivity contribution in [2.45, 2.75) is 43.4 Å². The van der Waals surface area contributed by atoms with Crippen molar-refractivity contribution in [1.29, 1.82) is 0 Å². The van der Waals surface area contributed by atoms with E-state index in [0.29, 0.717) is 5.92 Å². The molecule has 2 atom stereocenters. The third-order valence-electron chi connectivity index (χ3n) is 6.52. The molecular formula is C25H24. The van der Waals surface area contributed by atoms with Crippen LogP contribution < -0.4 is 0 Å². The van der Waals surface area contributed by atoms with E-state index in [1.165, 1.54) is 24.0 Å². The first-order valence-corrected chi connectivity index (χ1v) is 9.36. The summed E-state index contributed by atoms with van der Waals surface area (Å²) in [4.78, 5) is 0. The van der Waals surface area contributed by atoms with Crippen molar-refractivity contribution in [2.75, 3.05) is 0 Å². The Morgan fingerprint density at radius 2 is 1.28 bits per heavy atom. The Morgan fingerprint density at radius 1 is 0.680 bits per heavy atom. The van der Waals surface area contributed by atoms with Crippen molar-refractivity contribution < 1.29 is 0 Å². The summed E-state index contributed by atoms with van der Waals surface area (Å²) in [5.41, 5.74) is 8.04. The summed E-state index contributed by atoms with van der Waals surface area (Å²) < 4.78 is 0. The third kappa shape index (κ3) is 2.00. The molecule has 0 heteroatoms. The predicted octanol–water partition coefficient (Wildman–Crippen LogP) is 6.19. The van der Waals surface area contributed by atoms with E-state index in [0.717, 1.165) is 0 Å². The molecule has 0 saturated heterocycles. The van der Waals surface area contributed by atoms with Crippen molar-refractivity contribution in [1.82, 2.24) is 0 Å². The summed E-state index contributed by atoms with van der Waals surface area (Å²) in [5, 5.41) is 0. The molecule has 3 aromatic carbocycles. The standard InChI is InChI=1S/C25H24/c1-24(2)17-25(23-15-9-8-14-22(23)24)16-20(18-10-4-3-5-11-18)19-12-6-7-13-21(19)25/h3-15,20H,16-17H2,1-2H3. The summed E-state index contributed by atoms with van der Waals surface area (Å²) in [6, 6.07) is 29.4. The number of hydrogen-bond donors (Lipinski definition) is 0. The normalized spacial score (nSPS) is 25.8. The molecule has 2 aliphatic rings. The molecule has 0 fully saturated rings. The van der Waals surface area contributed by atoms with Gasteiger partial charge in [0.1, 0.15) is 0 Å². The molecule has 0 N–H and O–H groups in total. The summed E-state index contributed by atoms with van der Waals surface area (Å²) in [6.45, 7) is 4.83. The Bertz CT molecular complexity index is 935. The van der Waals surface area contributed by atoms with Crippen molar-refractivity contribution in [3.05, 3.63) is 107 Å². The average Bonchev–Trinajstić information content (AvgIpc) is 3.09. The van der Waals surface area contributed by atoms with E-state index in [1.807, 2.05) is 0 Å². The van der Waals surface area contributed by atoms with Gasteiger partial charge in [-0.05, 0) is 46.1 Å². The first kappa shape index (κ1) is 15.0. The number of benzene rings is 3. The third-order valence-corrected chi connectivity index (χ3v) is 6.52. The minimum Gasteiger partial charge on any atom is -0.0622 e. The van der Waals surface area contributed by atoms with Gasteiger partial charge in [-0.25, -0.2) is 0 Å². The summed E-state index contributed by atoms with van der Waals surface area (Å²) in [5.74, 6) is 0.499. The summed E-state index contributed by atoms with van der Waals surface area (Å²) >= 11 is 0. The van der Waals surface area contributed by atoms with Crippen molar-refractivity contribution in [3.63, 3.8) is 0 Å². The molecular weight excluding hydrogens is 300 g/mol. The highest BCUT2D eigenvalue weighted by Gasteiger charge is 2.53. The second kappa shape index (κ2) is 5.08. The average molecular weight is 324 g/mol. The fourth-order valence-corrected chi connectivity index (χ4v) is 5.65. The molecule has 2 aliphatic carbocycles. The lowest BCUT2D eigenvalue weighted by molar-refractivity contribution is 0.391. The predicted molar refractivity (Wildman–Crippen MR) is 104 cm³/mol. The van der Waals surface area contributed by atoms with Gasteiger partial charge in [0.25, 0.3) is 0 Å². The SMILES string of the molecule is CC1(C)CC2(CC(c3ccccc3)c3ccccc32)c2ccccc21. The molecule has 0 saturated carbocycles. The molecule has 0 radical (unpaired) electrons. The molecule has 25 heavy (non-hydrogen) atoms. The van der Waals surface area contributed by atoms with Gasteiger partial charge in [-0.2, -0.15) is 0 Å². The van der Waals surface area contributed by atoms with Crippen LogP contribution in [0.4, 0.5) is 0 Å². The zero-order valence-electron chi connectivity index (χ0n) is 15.0. The first-order chi connectivity index (χ1) is 12.1. The number of hydrogen-bond acceptors (Lipinski definition) is 0. The second-order valence-electron chi connectivity index (χ2n) is 8.44. The van der Waals surface area contributed by atoms with Crippen LogP contribution in [0.15, 0.2) is 78.9 Å². The lowest BCUT2D eigenvalue weighted by Gasteiger charge is -2.29. The summed E-state index contributed by atoms with van der Waals surface area (Å²) in [6.07, 6.45) is 2.40. The molecule has 0 amide bonds. The van der Waals surface area contributed by atoms with Gasteiger partial charge in [-0.15, -0.1) is 0 Å². The molecule has 5 rings (SSSR count). The van der Waals surface area contributed by atoms with Crippen molar-refractivity contribution >= 4 is 0 Å². The van der Waals surface area contributed by atoms with Gasteiger partial charge in [-0.3, -0.25) is 0 Å². The van der Waals surface area contributed by atoms with Gasteiger partial charge in [0.15, 0.2) is 0 Å². The van der Waals surface area contributed by atoms with E-state index >= 15 is 0 Å². The van der Waals surface area contributed by atoms with Crippen LogP contribution in [-0.4, -0.2) is 0 Å². The van der Waals surface area contributed by atoms with Crippen LogP contribution >= 0.6 is 0 Å². The van der Waals surface area contributed by atoms with E-state index in [9.17, 15) is 0 Å². The van der Waals surface area contributed by atoms with Gasteiger partial charge < -0.3 is 0 Å². The Balaban J connectivity index is 1.75.